The van der Waals surface area contributed by atoms with E-state index in [4.69, 9.17) is 4.52 Å². The molecular weight excluding hydrogens is 442 g/mol. The summed E-state index contributed by atoms with van der Waals surface area (Å²) in [6, 6.07) is 17.6. The topological polar surface area (TPSA) is 91.6 Å². The predicted molar refractivity (Wildman–Crippen MR) is 134 cm³/mol. The van der Waals surface area contributed by atoms with Gasteiger partial charge in [-0.2, -0.15) is 4.98 Å². The Kier molecular flexibility index (Phi) is 8.40. The molecule has 0 unspecified atom stereocenters. The molecule has 3 aromatic rings. The van der Waals surface area contributed by atoms with Crippen LogP contribution in [0.2, 0.25) is 0 Å². The lowest BCUT2D eigenvalue weighted by molar-refractivity contribution is -0.133. The minimum Gasteiger partial charge on any atom is -0.343 e. The van der Waals surface area contributed by atoms with Crippen LogP contribution < -0.4 is 5.32 Å². The van der Waals surface area contributed by atoms with Crippen LogP contribution in [0.4, 0.5) is 0 Å². The number of nitrogens with one attached hydrogen (secondary N) is 1. The van der Waals surface area contributed by atoms with Crippen molar-refractivity contribution in [3.05, 3.63) is 77.7 Å². The first-order valence-corrected chi connectivity index (χ1v) is 12.0. The van der Waals surface area contributed by atoms with E-state index in [1.165, 1.54) is 11.6 Å². The number of nitrogens with zero attached hydrogens (tertiary/aromatic N) is 4. The monoisotopic (exact) mass is 473 g/mol. The van der Waals surface area contributed by atoms with Crippen molar-refractivity contribution in [2.75, 3.05) is 39.3 Å². The number of benzene rings is 2. The molecule has 182 valence electrons. The Balaban J connectivity index is 1.12. The molecule has 2 amide bonds. The minimum atomic E-state index is -0.271. The summed E-state index contributed by atoms with van der Waals surface area (Å²) in [6.45, 7) is 5.91. The number of aromatic nitrogens is 2. The van der Waals surface area contributed by atoms with Crippen LogP contribution in [0.25, 0.3) is 17.5 Å². The smallest absolute Gasteiger partial charge is 0.244 e. The molecule has 8 nitrogen and oxygen atoms in total. The third-order valence-electron chi connectivity index (χ3n) is 6.01. The van der Waals surface area contributed by atoms with Gasteiger partial charge in [-0.15, -0.1) is 0 Å². The fourth-order valence-corrected chi connectivity index (χ4v) is 3.92. The fraction of sp³-hybridized carbons (Fsp3) is 0.333. The van der Waals surface area contributed by atoms with Crippen LogP contribution >= 0.6 is 0 Å². The van der Waals surface area contributed by atoms with Gasteiger partial charge in [0.2, 0.25) is 23.5 Å². The number of carbonyl (C=O) groups excluding carboxylic acids is 2. The summed E-state index contributed by atoms with van der Waals surface area (Å²) in [5, 5.41) is 6.77. The quantitative estimate of drug-likeness (QED) is 0.481. The van der Waals surface area contributed by atoms with Crippen molar-refractivity contribution in [1.82, 2.24) is 25.3 Å². The first kappa shape index (κ1) is 24.3. The summed E-state index contributed by atoms with van der Waals surface area (Å²) >= 11 is 0. The number of rotatable bonds is 9. The van der Waals surface area contributed by atoms with Crippen LogP contribution in [0.1, 0.15) is 23.4 Å². The highest BCUT2D eigenvalue weighted by molar-refractivity contribution is 5.94. The molecule has 0 atom stereocenters. The van der Waals surface area contributed by atoms with Crippen molar-refractivity contribution in [3.8, 4) is 11.4 Å². The van der Waals surface area contributed by atoms with E-state index in [1.54, 1.807) is 6.08 Å². The number of carbonyl (C=O) groups is 2. The molecule has 35 heavy (non-hydrogen) atoms. The molecule has 0 spiro atoms. The van der Waals surface area contributed by atoms with Gasteiger partial charge in [0.05, 0.1) is 6.54 Å². The molecule has 1 N–H and O–H groups in total. The van der Waals surface area contributed by atoms with Gasteiger partial charge in [0.15, 0.2) is 0 Å². The van der Waals surface area contributed by atoms with E-state index in [1.807, 2.05) is 66.4 Å². The van der Waals surface area contributed by atoms with Crippen LogP contribution in [-0.4, -0.2) is 71.0 Å². The highest BCUT2D eigenvalue weighted by Gasteiger charge is 2.21. The molecule has 0 saturated carbocycles. The van der Waals surface area contributed by atoms with Gasteiger partial charge < -0.3 is 14.7 Å². The maximum Gasteiger partial charge on any atom is 0.244 e. The van der Waals surface area contributed by atoms with Gasteiger partial charge in [-0.25, -0.2) is 0 Å². The standard InChI is InChI=1S/C27H31N5O3/c1-21-9-12-23(13-10-21)27-29-25(35-30-27)8-5-15-31-16-18-32(19-17-31)26(34)20-28-24(33)14-11-22-6-3-2-4-7-22/h2-4,6-7,9-14H,5,8,15-20H2,1H3,(H,28,33)/b14-11+. The summed E-state index contributed by atoms with van der Waals surface area (Å²) in [4.78, 5) is 33.1. The molecular formula is C27H31N5O3. The highest BCUT2D eigenvalue weighted by atomic mass is 16.5. The zero-order valence-electron chi connectivity index (χ0n) is 20.0. The van der Waals surface area contributed by atoms with Crippen LogP contribution in [0.3, 0.4) is 0 Å². The lowest BCUT2D eigenvalue weighted by Gasteiger charge is -2.34. The van der Waals surface area contributed by atoms with Gasteiger partial charge in [0, 0.05) is 44.2 Å². The second kappa shape index (κ2) is 12.1. The van der Waals surface area contributed by atoms with E-state index in [9.17, 15) is 9.59 Å². The lowest BCUT2D eigenvalue weighted by atomic mass is 10.1. The van der Waals surface area contributed by atoms with Crippen molar-refractivity contribution in [2.45, 2.75) is 19.8 Å². The number of hydrogen-bond acceptors (Lipinski definition) is 6. The fourth-order valence-electron chi connectivity index (χ4n) is 3.92. The minimum absolute atomic E-state index is 0.0123. The maximum absolute atomic E-state index is 12.5. The molecule has 2 heterocycles. The summed E-state index contributed by atoms with van der Waals surface area (Å²) < 4.78 is 5.40. The molecule has 1 aliphatic heterocycles. The van der Waals surface area contributed by atoms with E-state index in [-0.39, 0.29) is 18.4 Å². The van der Waals surface area contributed by atoms with Gasteiger partial charge in [-0.05, 0) is 31.5 Å². The largest absolute Gasteiger partial charge is 0.343 e. The van der Waals surface area contributed by atoms with Crippen molar-refractivity contribution in [3.63, 3.8) is 0 Å². The summed E-state index contributed by atoms with van der Waals surface area (Å²) in [7, 11) is 0. The van der Waals surface area contributed by atoms with Gasteiger partial charge in [-0.1, -0.05) is 65.3 Å². The third kappa shape index (κ3) is 7.35. The zero-order chi connectivity index (χ0) is 24.5. The number of hydrogen-bond donors (Lipinski definition) is 1. The Hall–Kier alpha value is -3.78. The van der Waals surface area contributed by atoms with E-state index >= 15 is 0 Å². The van der Waals surface area contributed by atoms with Crippen molar-refractivity contribution in [1.29, 1.82) is 0 Å². The second-order valence-electron chi connectivity index (χ2n) is 8.67. The van der Waals surface area contributed by atoms with Crippen LogP contribution in [-0.2, 0) is 16.0 Å². The Morgan fingerprint density at radius 2 is 1.77 bits per heavy atom. The number of aryl methyl sites for hydroxylation is 2. The van der Waals surface area contributed by atoms with Crippen molar-refractivity contribution < 1.29 is 14.1 Å². The average Bonchev–Trinajstić information content (AvgIpc) is 3.36. The Labute approximate surface area is 205 Å². The number of amides is 2. The first-order valence-electron chi connectivity index (χ1n) is 12.0. The average molecular weight is 474 g/mol. The van der Waals surface area contributed by atoms with Gasteiger partial charge in [0.1, 0.15) is 0 Å². The summed E-state index contributed by atoms with van der Waals surface area (Å²) in [5.41, 5.74) is 3.09. The predicted octanol–water partition coefficient (Wildman–Crippen LogP) is 2.95. The summed E-state index contributed by atoms with van der Waals surface area (Å²) in [5.74, 6) is 0.939. The summed E-state index contributed by atoms with van der Waals surface area (Å²) in [6.07, 6.45) is 4.82. The molecule has 2 aromatic carbocycles. The maximum atomic E-state index is 12.5. The first-order chi connectivity index (χ1) is 17.1. The zero-order valence-corrected chi connectivity index (χ0v) is 20.0. The molecule has 1 saturated heterocycles. The van der Waals surface area contributed by atoms with Crippen molar-refractivity contribution in [2.24, 2.45) is 0 Å². The van der Waals surface area contributed by atoms with Gasteiger partial charge in [0.25, 0.3) is 0 Å². The van der Waals surface area contributed by atoms with Gasteiger partial charge >= 0.3 is 0 Å². The van der Waals surface area contributed by atoms with Crippen LogP contribution in [0, 0.1) is 6.92 Å². The van der Waals surface area contributed by atoms with Crippen LogP contribution in [0.5, 0.6) is 0 Å². The van der Waals surface area contributed by atoms with E-state index in [2.05, 4.69) is 20.4 Å². The van der Waals surface area contributed by atoms with E-state index < -0.39 is 0 Å². The molecule has 4 rings (SSSR count). The molecule has 1 fully saturated rings. The third-order valence-corrected chi connectivity index (χ3v) is 6.01. The molecule has 1 aliphatic rings. The van der Waals surface area contributed by atoms with Gasteiger partial charge in [-0.3, -0.25) is 14.5 Å². The lowest BCUT2D eigenvalue weighted by Crippen LogP contribution is -2.51. The number of piperazine rings is 1. The Morgan fingerprint density at radius 3 is 2.51 bits per heavy atom. The molecule has 1 aromatic heterocycles. The molecule has 8 heteroatoms. The van der Waals surface area contributed by atoms with Crippen molar-refractivity contribution >= 4 is 17.9 Å². The highest BCUT2D eigenvalue weighted by Crippen LogP contribution is 2.17. The molecule has 0 bridgehead atoms. The van der Waals surface area contributed by atoms with E-state index in [0.717, 1.165) is 43.6 Å². The Bertz CT molecular complexity index is 1130. The molecule has 0 radical (unpaired) electrons. The normalized spacial score (nSPS) is 14.4. The van der Waals surface area contributed by atoms with Crippen LogP contribution in [0.15, 0.2) is 65.2 Å². The SMILES string of the molecule is Cc1ccc(-c2noc(CCCN3CCN(C(=O)CNC(=O)/C=C/c4ccccc4)CC3)n2)cc1. The molecule has 0 aliphatic carbocycles. The Morgan fingerprint density at radius 1 is 1.03 bits per heavy atom. The second-order valence-corrected chi connectivity index (χ2v) is 8.67. The van der Waals surface area contributed by atoms with E-state index in [0.29, 0.717) is 24.8 Å².